The van der Waals surface area contributed by atoms with Gasteiger partial charge in [-0.2, -0.15) is 0 Å². The molecule has 1 nitrogen and oxygen atoms in total. The third kappa shape index (κ3) is 1.64. The average Bonchev–Trinajstić information content (AvgIpc) is 3.01. The monoisotopic (exact) mass is 195 g/mol. The Balaban J connectivity index is 2.03. The van der Waals surface area contributed by atoms with E-state index in [0.29, 0.717) is 5.92 Å². The second-order valence-corrected chi connectivity index (χ2v) is 4.24. The van der Waals surface area contributed by atoms with E-state index in [1.54, 1.807) is 0 Å². The Labute approximate surface area is 89.7 Å². The number of aryl methyl sites for hydroxylation is 1. The van der Waals surface area contributed by atoms with E-state index in [2.05, 4.69) is 53.9 Å². The Morgan fingerprint density at radius 2 is 2.13 bits per heavy atom. The van der Waals surface area contributed by atoms with E-state index in [9.17, 15) is 0 Å². The molecule has 0 amide bonds. The molecule has 1 saturated carbocycles. The predicted octanol–water partition coefficient (Wildman–Crippen LogP) is 2.94. The van der Waals surface area contributed by atoms with Gasteiger partial charge in [-0.3, -0.25) is 0 Å². The summed E-state index contributed by atoms with van der Waals surface area (Å²) in [6.45, 7) is 0. The lowest BCUT2D eigenvalue weighted by atomic mass is 10.1. The first-order chi connectivity index (χ1) is 7.33. The molecular weight excluding hydrogens is 182 g/mol. The zero-order chi connectivity index (χ0) is 10.3. The number of nitrogens with zero attached hydrogens (tertiary/aromatic N) is 1. The van der Waals surface area contributed by atoms with Crippen molar-refractivity contribution in [1.29, 1.82) is 0 Å². The smallest absolute Gasteiger partial charge is 0.0478 e. The van der Waals surface area contributed by atoms with Crippen LogP contribution in [0, 0.1) is 17.8 Å². The number of aromatic nitrogens is 1. The van der Waals surface area contributed by atoms with Crippen molar-refractivity contribution >= 4 is 10.9 Å². The van der Waals surface area contributed by atoms with Gasteiger partial charge in [0.1, 0.15) is 0 Å². The molecule has 0 radical (unpaired) electrons. The van der Waals surface area contributed by atoms with Crippen LogP contribution in [0.5, 0.6) is 0 Å². The molecule has 1 heteroatoms. The highest BCUT2D eigenvalue weighted by Gasteiger charge is 2.17. The second kappa shape index (κ2) is 3.17. The lowest BCUT2D eigenvalue weighted by Gasteiger charge is -1.96. The molecular formula is C14H13N. The molecule has 0 spiro atoms. The van der Waals surface area contributed by atoms with Crippen molar-refractivity contribution in [2.75, 3.05) is 0 Å². The molecule has 0 atom stereocenters. The number of rotatable bonds is 0. The zero-order valence-corrected chi connectivity index (χ0v) is 8.83. The van der Waals surface area contributed by atoms with Crippen molar-refractivity contribution in [3.05, 3.63) is 36.0 Å². The highest BCUT2D eigenvalue weighted by atomic mass is 14.9. The molecule has 2 aromatic rings. The summed E-state index contributed by atoms with van der Waals surface area (Å²) in [6.07, 6.45) is 4.67. The van der Waals surface area contributed by atoms with Crippen LogP contribution in [0.25, 0.3) is 10.9 Å². The van der Waals surface area contributed by atoms with Crippen molar-refractivity contribution in [3.63, 3.8) is 0 Å². The van der Waals surface area contributed by atoms with E-state index in [-0.39, 0.29) is 0 Å². The minimum atomic E-state index is 0.677. The second-order valence-electron chi connectivity index (χ2n) is 4.24. The maximum Gasteiger partial charge on any atom is 0.0478 e. The third-order valence-electron chi connectivity index (χ3n) is 2.88. The van der Waals surface area contributed by atoms with Gasteiger partial charge in [-0.25, -0.2) is 0 Å². The lowest BCUT2D eigenvalue weighted by molar-refractivity contribution is 0.969. The van der Waals surface area contributed by atoms with Crippen LogP contribution >= 0.6 is 0 Å². The number of fused-ring (bicyclic) bond motifs is 1. The van der Waals surface area contributed by atoms with E-state index in [1.807, 2.05) is 0 Å². The molecule has 0 saturated heterocycles. The molecule has 15 heavy (non-hydrogen) atoms. The predicted molar refractivity (Wildman–Crippen MR) is 62.5 cm³/mol. The van der Waals surface area contributed by atoms with Gasteiger partial charge in [-0.15, -0.1) is 0 Å². The van der Waals surface area contributed by atoms with E-state index in [1.165, 1.54) is 23.7 Å². The minimum Gasteiger partial charge on any atom is -0.351 e. The summed E-state index contributed by atoms with van der Waals surface area (Å²) in [7, 11) is 2.07. The van der Waals surface area contributed by atoms with Crippen molar-refractivity contribution in [3.8, 4) is 11.8 Å². The summed E-state index contributed by atoms with van der Waals surface area (Å²) < 4.78 is 2.13. The fourth-order valence-electron chi connectivity index (χ4n) is 1.77. The van der Waals surface area contributed by atoms with Gasteiger partial charge in [0.05, 0.1) is 0 Å². The number of hydrogen-bond donors (Lipinski definition) is 0. The van der Waals surface area contributed by atoms with E-state index < -0.39 is 0 Å². The molecule has 74 valence electrons. The van der Waals surface area contributed by atoms with Gasteiger partial charge >= 0.3 is 0 Å². The molecule has 1 aliphatic carbocycles. The Kier molecular flexibility index (Phi) is 1.82. The summed E-state index contributed by atoms with van der Waals surface area (Å²) >= 11 is 0. The van der Waals surface area contributed by atoms with Crippen molar-refractivity contribution in [2.24, 2.45) is 13.0 Å². The fraction of sp³-hybridized carbons (Fsp3) is 0.286. The van der Waals surface area contributed by atoms with E-state index in [0.717, 1.165) is 5.56 Å². The Bertz CT molecular complexity index is 562. The van der Waals surface area contributed by atoms with Gasteiger partial charge < -0.3 is 4.57 Å². The average molecular weight is 195 g/mol. The lowest BCUT2D eigenvalue weighted by Crippen LogP contribution is -1.83. The molecule has 0 bridgehead atoms. The molecule has 1 aromatic carbocycles. The SMILES string of the molecule is Cn1ccc2cc(C#CC3CC3)ccc21. The van der Waals surface area contributed by atoms with Gasteiger partial charge in [-0.1, -0.05) is 11.8 Å². The summed E-state index contributed by atoms with van der Waals surface area (Å²) in [5.41, 5.74) is 2.41. The molecule has 1 heterocycles. The summed E-state index contributed by atoms with van der Waals surface area (Å²) in [5, 5.41) is 1.28. The standard InChI is InChI=1S/C14H13N/c1-15-9-8-13-10-12(6-7-14(13)15)5-4-11-2-3-11/h6-11H,2-3H2,1H3. The van der Waals surface area contributed by atoms with Crippen molar-refractivity contribution < 1.29 is 0 Å². The van der Waals surface area contributed by atoms with Crippen LogP contribution < -0.4 is 0 Å². The number of hydrogen-bond acceptors (Lipinski definition) is 0. The quantitative estimate of drug-likeness (QED) is 0.569. The van der Waals surface area contributed by atoms with Crippen molar-refractivity contribution in [1.82, 2.24) is 4.57 Å². The summed E-state index contributed by atoms with van der Waals surface area (Å²) in [6, 6.07) is 8.56. The summed E-state index contributed by atoms with van der Waals surface area (Å²) in [4.78, 5) is 0. The largest absolute Gasteiger partial charge is 0.351 e. The molecule has 0 aliphatic heterocycles. The van der Waals surface area contributed by atoms with Crippen LogP contribution in [-0.2, 0) is 7.05 Å². The van der Waals surface area contributed by atoms with Crippen LogP contribution in [0.1, 0.15) is 18.4 Å². The van der Waals surface area contributed by atoms with Crippen LogP contribution in [0.4, 0.5) is 0 Å². The van der Waals surface area contributed by atoms with Crippen LogP contribution in [0.2, 0.25) is 0 Å². The molecule has 1 aromatic heterocycles. The highest BCUT2D eigenvalue weighted by molar-refractivity contribution is 5.81. The van der Waals surface area contributed by atoms with Gasteiger partial charge in [0.2, 0.25) is 0 Å². The minimum absolute atomic E-state index is 0.677. The molecule has 1 aliphatic rings. The van der Waals surface area contributed by atoms with Gasteiger partial charge in [0.25, 0.3) is 0 Å². The Hall–Kier alpha value is -1.68. The normalized spacial score (nSPS) is 15.0. The molecule has 3 rings (SSSR count). The number of benzene rings is 1. The third-order valence-corrected chi connectivity index (χ3v) is 2.88. The first-order valence-electron chi connectivity index (χ1n) is 5.39. The van der Waals surface area contributed by atoms with Crippen LogP contribution in [0.15, 0.2) is 30.5 Å². The first-order valence-corrected chi connectivity index (χ1v) is 5.39. The van der Waals surface area contributed by atoms with E-state index >= 15 is 0 Å². The first kappa shape index (κ1) is 8.61. The highest BCUT2D eigenvalue weighted by Crippen LogP contribution is 2.27. The molecule has 1 fully saturated rings. The topological polar surface area (TPSA) is 4.93 Å². The zero-order valence-electron chi connectivity index (χ0n) is 8.83. The molecule has 0 unspecified atom stereocenters. The van der Waals surface area contributed by atoms with Crippen LogP contribution in [0.3, 0.4) is 0 Å². The van der Waals surface area contributed by atoms with Gasteiger partial charge in [0, 0.05) is 35.6 Å². The maximum atomic E-state index is 3.29. The van der Waals surface area contributed by atoms with Crippen LogP contribution in [-0.4, -0.2) is 4.57 Å². The van der Waals surface area contributed by atoms with E-state index in [4.69, 9.17) is 0 Å². The summed E-state index contributed by atoms with van der Waals surface area (Å²) in [5.74, 6) is 7.21. The maximum absolute atomic E-state index is 3.29. The Morgan fingerprint density at radius 3 is 2.93 bits per heavy atom. The Morgan fingerprint density at radius 1 is 1.27 bits per heavy atom. The van der Waals surface area contributed by atoms with Gasteiger partial charge in [-0.05, 0) is 37.1 Å². The fourth-order valence-corrected chi connectivity index (χ4v) is 1.77. The van der Waals surface area contributed by atoms with Gasteiger partial charge in [0.15, 0.2) is 0 Å². The van der Waals surface area contributed by atoms with Crippen molar-refractivity contribution in [2.45, 2.75) is 12.8 Å². The molecule has 0 N–H and O–H groups in total.